The minimum absolute atomic E-state index is 0.0427. The van der Waals surface area contributed by atoms with Crippen molar-refractivity contribution in [2.75, 3.05) is 6.54 Å². The third-order valence-electron chi connectivity index (χ3n) is 7.61. The van der Waals surface area contributed by atoms with Crippen LogP contribution in [-0.2, 0) is 18.7 Å². The molecule has 1 fully saturated rings. The van der Waals surface area contributed by atoms with Crippen LogP contribution in [0.4, 0.5) is 4.79 Å². The number of nitrogens with zero attached hydrogens (tertiary/aromatic N) is 3. The molecule has 2 bridgehead atoms. The van der Waals surface area contributed by atoms with Crippen molar-refractivity contribution in [1.82, 2.24) is 9.96 Å². The summed E-state index contributed by atoms with van der Waals surface area (Å²) in [5, 5.41) is 12.5. The number of benzene rings is 3. The Kier molecular flexibility index (Phi) is 7.62. The van der Waals surface area contributed by atoms with E-state index in [1.165, 1.54) is 4.90 Å². The van der Waals surface area contributed by atoms with Crippen LogP contribution in [0.1, 0.15) is 20.8 Å². The SMILES string of the molecule is C/C=C/P(OS(=O)(=O)ON1C(=O)N2C[C@H]1C(C(C)C)=C[C@H]2C#N)(c1ccccc1)(c1ccccc1)c1ccccc1. The average molecular weight is 590 g/mol. The number of hydrogen-bond acceptors (Lipinski definition) is 6. The monoisotopic (exact) mass is 589 g/mol. The van der Waals surface area contributed by atoms with E-state index in [-0.39, 0.29) is 12.5 Å². The topological polar surface area (TPSA) is 99.9 Å². The van der Waals surface area contributed by atoms with Crippen molar-refractivity contribution in [3.8, 4) is 6.07 Å². The summed E-state index contributed by atoms with van der Waals surface area (Å²) in [6.45, 7) is 1.38. The van der Waals surface area contributed by atoms with Gasteiger partial charge < -0.3 is 0 Å². The summed E-state index contributed by atoms with van der Waals surface area (Å²) in [7, 11) is -4.92. The van der Waals surface area contributed by atoms with Gasteiger partial charge in [-0.15, -0.1) is 0 Å². The summed E-state index contributed by atoms with van der Waals surface area (Å²) in [6, 6.07) is 27.6. The second-order valence-electron chi connectivity index (χ2n) is 10.3. The Hall–Kier alpha value is -3.80. The van der Waals surface area contributed by atoms with Gasteiger partial charge in [-0.05, 0) is 0 Å². The molecule has 0 N–H and O–H groups in total. The molecule has 0 spiro atoms. The van der Waals surface area contributed by atoms with Crippen LogP contribution < -0.4 is 15.9 Å². The van der Waals surface area contributed by atoms with Crippen LogP contribution in [0.25, 0.3) is 0 Å². The molecule has 212 valence electrons. The van der Waals surface area contributed by atoms with E-state index in [2.05, 4.69) is 6.07 Å². The molecule has 2 aliphatic rings. The number of fused-ring (bicyclic) bond motifs is 2. The quantitative estimate of drug-likeness (QED) is 0.264. The van der Waals surface area contributed by atoms with Gasteiger partial charge in [0.2, 0.25) is 0 Å². The summed E-state index contributed by atoms with van der Waals surface area (Å²) >= 11 is 0. The van der Waals surface area contributed by atoms with E-state index in [9.17, 15) is 18.5 Å². The first-order chi connectivity index (χ1) is 19.7. The van der Waals surface area contributed by atoms with E-state index in [4.69, 9.17) is 8.25 Å². The van der Waals surface area contributed by atoms with E-state index < -0.39 is 35.3 Å². The van der Waals surface area contributed by atoms with Gasteiger partial charge in [-0.25, -0.2) is 0 Å². The second-order valence-corrected chi connectivity index (χ2v) is 15.9. The van der Waals surface area contributed by atoms with E-state index >= 15 is 0 Å². The van der Waals surface area contributed by atoms with Crippen molar-refractivity contribution >= 4 is 39.2 Å². The molecule has 2 aliphatic heterocycles. The zero-order valence-corrected chi connectivity index (χ0v) is 24.8. The summed E-state index contributed by atoms with van der Waals surface area (Å²) in [5.41, 5.74) is 0.758. The van der Waals surface area contributed by atoms with Gasteiger partial charge in [0, 0.05) is 0 Å². The number of allylic oxidation sites excluding steroid dienone is 1. The molecule has 41 heavy (non-hydrogen) atoms. The first-order valence-electron chi connectivity index (χ1n) is 13.4. The Morgan fingerprint density at radius 3 is 1.83 bits per heavy atom. The molecule has 0 aromatic heterocycles. The number of carbonyl (C=O) groups excluding carboxylic acids is 1. The molecular formula is C31H32N3O5PS. The van der Waals surface area contributed by atoms with Gasteiger partial charge in [-0.1, -0.05) is 0 Å². The van der Waals surface area contributed by atoms with Crippen LogP contribution in [0.15, 0.2) is 115 Å². The zero-order chi connectivity index (χ0) is 29.3. The summed E-state index contributed by atoms with van der Waals surface area (Å²) in [5.74, 6) is 1.78. The maximum atomic E-state index is 14.2. The zero-order valence-electron chi connectivity index (χ0n) is 23.1. The summed E-state index contributed by atoms with van der Waals surface area (Å²) in [4.78, 5) is 14.7. The fourth-order valence-corrected chi connectivity index (χ4v) is 13.3. The summed E-state index contributed by atoms with van der Waals surface area (Å²) < 4.78 is 40.6. The summed E-state index contributed by atoms with van der Waals surface area (Å²) in [6.07, 6.45) is 3.50. The van der Waals surface area contributed by atoms with Gasteiger partial charge in [0.05, 0.1) is 0 Å². The van der Waals surface area contributed by atoms with Crippen molar-refractivity contribution in [2.45, 2.75) is 32.9 Å². The number of amides is 2. The Labute approximate surface area is 241 Å². The number of rotatable bonds is 9. The van der Waals surface area contributed by atoms with Gasteiger partial charge in [0.1, 0.15) is 0 Å². The van der Waals surface area contributed by atoms with E-state index in [1.807, 2.05) is 118 Å². The number of nitriles is 1. The van der Waals surface area contributed by atoms with Crippen LogP contribution in [0.2, 0.25) is 0 Å². The number of urea groups is 1. The van der Waals surface area contributed by atoms with E-state index in [0.717, 1.165) is 10.6 Å². The third kappa shape index (κ3) is 4.67. The fraction of sp³-hybridized carbons (Fsp3) is 0.226. The third-order valence-corrected chi connectivity index (χ3v) is 14.8. The molecule has 10 heteroatoms. The number of hydrogen-bond donors (Lipinski definition) is 0. The molecule has 0 saturated carbocycles. The standard InChI is InChI=1S/C31H32N3O5PS/c1-4-20-40(26-14-8-5-9-15-26,27-16-10-6-11-17-27,28-18-12-7-13-19-28)39-41(36,37)38-34-30-23-33(31(34)35)25(22-32)21-29(30)24(2)3/h4-21,24-25,30H,23H2,1-3H3/b20-4+/t25-,30-/m0/s1. The first kappa shape index (κ1) is 28.7. The van der Waals surface area contributed by atoms with E-state index in [1.54, 1.807) is 12.2 Å². The van der Waals surface area contributed by atoms with Crippen LogP contribution in [0.3, 0.4) is 0 Å². The predicted octanol–water partition coefficient (Wildman–Crippen LogP) is 4.75. The van der Waals surface area contributed by atoms with E-state index in [0.29, 0.717) is 15.9 Å². The molecule has 0 aliphatic carbocycles. The maximum absolute atomic E-state index is 14.2. The van der Waals surface area contributed by atoms with Crippen LogP contribution in [0, 0.1) is 17.2 Å². The predicted molar refractivity (Wildman–Crippen MR) is 161 cm³/mol. The van der Waals surface area contributed by atoms with Crippen LogP contribution in [-0.4, -0.2) is 43.0 Å². The van der Waals surface area contributed by atoms with Gasteiger partial charge >= 0.3 is 242 Å². The normalized spacial score (nSPS) is 20.1. The minimum atomic E-state index is -4.92. The van der Waals surface area contributed by atoms with Gasteiger partial charge in [0.25, 0.3) is 0 Å². The Bertz CT molecular complexity index is 1540. The molecule has 3 aromatic rings. The van der Waals surface area contributed by atoms with Crippen LogP contribution in [0.5, 0.6) is 0 Å². The second kappa shape index (κ2) is 10.9. The first-order valence-corrected chi connectivity index (χ1v) is 16.9. The molecule has 5 rings (SSSR count). The Balaban J connectivity index is 1.71. The number of carbonyl (C=O) groups is 1. The molecule has 0 unspecified atom stereocenters. The molecule has 2 amide bonds. The molecule has 2 heterocycles. The molecule has 1 saturated heterocycles. The van der Waals surface area contributed by atoms with Gasteiger partial charge in [-0.3, -0.25) is 0 Å². The van der Waals surface area contributed by atoms with Crippen molar-refractivity contribution in [3.05, 3.63) is 115 Å². The molecule has 0 radical (unpaired) electrons. The van der Waals surface area contributed by atoms with Crippen molar-refractivity contribution in [2.24, 2.45) is 5.92 Å². The molecule has 2 atom stereocenters. The Morgan fingerprint density at radius 1 is 0.927 bits per heavy atom. The van der Waals surface area contributed by atoms with Gasteiger partial charge in [0.15, 0.2) is 0 Å². The van der Waals surface area contributed by atoms with Gasteiger partial charge in [-0.2, -0.15) is 0 Å². The van der Waals surface area contributed by atoms with Crippen molar-refractivity contribution < 1.29 is 21.5 Å². The number of hydroxylamine groups is 2. The van der Waals surface area contributed by atoms with Crippen LogP contribution >= 0.6 is 6.83 Å². The molecule has 3 aromatic carbocycles. The van der Waals surface area contributed by atoms with Crippen molar-refractivity contribution in [1.29, 1.82) is 5.26 Å². The Morgan fingerprint density at radius 2 is 1.41 bits per heavy atom. The molecule has 8 nitrogen and oxygen atoms in total. The van der Waals surface area contributed by atoms with Crippen molar-refractivity contribution in [3.63, 3.8) is 0 Å². The molecular weight excluding hydrogens is 557 g/mol. The average Bonchev–Trinajstić information content (AvgIpc) is 3.24. The fourth-order valence-electron chi connectivity index (χ4n) is 5.84.